The van der Waals surface area contributed by atoms with E-state index < -0.39 is 13.2 Å². The van der Waals surface area contributed by atoms with Crippen LogP contribution < -0.4 is 0 Å². The Balaban J connectivity index is 2.89. The van der Waals surface area contributed by atoms with Gasteiger partial charge in [-0.2, -0.15) is 0 Å². The van der Waals surface area contributed by atoms with E-state index in [-0.39, 0.29) is 6.16 Å². The minimum absolute atomic E-state index is 0.0499. The van der Waals surface area contributed by atoms with Crippen LogP contribution in [-0.4, -0.2) is 24.5 Å². The molecule has 0 amide bonds. The van der Waals surface area contributed by atoms with Crippen LogP contribution in [0.2, 0.25) is 0 Å². The summed E-state index contributed by atoms with van der Waals surface area (Å²) in [6.45, 7) is 5.71. The van der Waals surface area contributed by atoms with E-state index in [0.29, 0.717) is 18.8 Å². The Morgan fingerprint density at radius 2 is 1.67 bits per heavy atom. The molecule has 0 saturated heterocycles. The van der Waals surface area contributed by atoms with Gasteiger partial charge in [-0.1, -0.05) is 30.3 Å². The molecule has 0 aliphatic rings. The highest BCUT2D eigenvalue weighted by Gasteiger charge is 2.36. The first-order valence-corrected chi connectivity index (χ1v) is 7.82. The second-order valence-corrected chi connectivity index (χ2v) is 6.30. The van der Waals surface area contributed by atoms with Crippen LogP contribution in [0, 0.1) is 0 Å². The number of rotatable bonds is 7. The molecule has 1 N–H and O–H groups in total. The largest absolute Gasteiger partial charge is 0.385 e. The second-order valence-electron chi connectivity index (χ2n) is 4.24. The maximum atomic E-state index is 12.4. The lowest BCUT2D eigenvalue weighted by molar-refractivity contribution is 0.0713. The fourth-order valence-corrected chi connectivity index (χ4v) is 3.77. The van der Waals surface area contributed by atoms with Crippen LogP contribution in [-0.2, 0) is 19.2 Å². The highest BCUT2D eigenvalue weighted by Crippen LogP contribution is 2.52. The number of aliphatic hydroxyl groups is 1. The summed E-state index contributed by atoms with van der Waals surface area (Å²) in [5, 5.41) is 10.4. The van der Waals surface area contributed by atoms with Gasteiger partial charge in [0.1, 0.15) is 0 Å². The van der Waals surface area contributed by atoms with Crippen molar-refractivity contribution in [2.75, 3.05) is 19.4 Å². The summed E-state index contributed by atoms with van der Waals surface area (Å²) >= 11 is 0. The molecule has 0 aromatic heterocycles. The zero-order chi connectivity index (χ0) is 13.6. The molecule has 0 saturated carbocycles. The molecule has 0 aliphatic heterocycles. The van der Waals surface area contributed by atoms with Gasteiger partial charge >= 0.3 is 7.60 Å². The van der Waals surface area contributed by atoms with Crippen LogP contribution in [0.4, 0.5) is 0 Å². The van der Waals surface area contributed by atoms with Gasteiger partial charge in [-0.15, -0.1) is 0 Å². The third kappa shape index (κ3) is 4.21. The van der Waals surface area contributed by atoms with E-state index in [2.05, 4.69) is 0 Å². The minimum atomic E-state index is -3.26. The second kappa shape index (κ2) is 6.48. The molecule has 18 heavy (non-hydrogen) atoms. The van der Waals surface area contributed by atoms with Crippen molar-refractivity contribution in [1.82, 2.24) is 0 Å². The van der Waals surface area contributed by atoms with E-state index in [1.54, 1.807) is 32.9 Å². The Labute approximate surface area is 108 Å². The standard InChI is InChI=1S/C13H21O4P/c1-4-16-18(15,17-5-2)11-13(3,14)12-9-7-6-8-10-12/h6-10,14H,4-5,11H2,1-3H3. The summed E-state index contributed by atoms with van der Waals surface area (Å²) in [5.74, 6) is 0. The van der Waals surface area contributed by atoms with Gasteiger partial charge < -0.3 is 14.2 Å². The molecular weight excluding hydrogens is 251 g/mol. The molecular formula is C13H21O4P. The lowest BCUT2D eigenvalue weighted by Crippen LogP contribution is -2.27. The van der Waals surface area contributed by atoms with Gasteiger partial charge in [0.05, 0.1) is 25.0 Å². The predicted molar refractivity (Wildman–Crippen MR) is 71.7 cm³/mol. The molecule has 0 radical (unpaired) electrons. The van der Waals surface area contributed by atoms with Crippen LogP contribution in [0.1, 0.15) is 26.3 Å². The Morgan fingerprint density at radius 3 is 2.11 bits per heavy atom. The van der Waals surface area contributed by atoms with Crippen LogP contribution in [0.15, 0.2) is 30.3 Å². The fourth-order valence-electron chi connectivity index (χ4n) is 1.79. The van der Waals surface area contributed by atoms with Crippen molar-refractivity contribution in [2.45, 2.75) is 26.4 Å². The lowest BCUT2D eigenvalue weighted by atomic mass is 9.99. The highest BCUT2D eigenvalue weighted by atomic mass is 31.2. The minimum Gasteiger partial charge on any atom is -0.385 e. The summed E-state index contributed by atoms with van der Waals surface area (Å²) in [4.78, 5) is 0. The van der Waals surface area contributed by atoms with Crippen LogP contribution in [0.25, 0.3) is 0 Å². The zero-order valence-corrected chi connectivity index (χ0v) is 12.0. The van der Waals surface area contributed by atoms with Gasteiger partial charge in [-0.05, 0) is 26.3 Å². The van der Waals surface area contributed by atoms with Crippen LogP contribution in [0.5, 0.6) is 0 Å². The molecule has 1 aromatic rings. The van der Waals surface area contributed by atoms with Gasteiger partial charge in [0.15, 0.2) is 0 Å². The van der Waals surface area contributed by atoms with Gasteiger partial charge in [0, 0.05) is 0 Å². The molecule has 1 unspecified atom stereocenters. The average Bonchev–Trinajstić information content (AvgIpc) is 2.29. The molecule has 0 fully saturated rings. The molecule has 0 heterocycles. The molecule has 0 bridgehead atoms. The molecule has 1 atom stereocenters. The monoisotopic (exact) mass is 272 g/mol. The molecule has 4 nitrogen and oxygen atoms in total. The summed E-state index contributed by atoms with van der Waals surface area (Å²) in [7, 11) is -3.26. The number of benzene rings is 1. The van der Waals surface area contributed by atoms with E-state index in [9.17, 15) is 9.67 Å². The summed E-state index contributed by atoms with van der Waals surface area (Å²) in [5.41, 5.74) is -0.536. The molecule has 102 valence electrons. The van der Waals surface area contributed by atoms with E-state index in [1.165, 1.54) is 0 Å². The van der Waals surface area contributed by atoms with Crippen molar-refractivity contribution < 1.29 is 18.7 Å². The topological polar surface area (TPSA) is 55.8 Å². The van der Waals surface area contributed by atoms with E-state index in [1.807, 2.05) is 18.2 Å². The first kappa shape index (κ1) is 15.4. The Kier molecular flexibility index (Phi) is 5.54. The highest BCUT2D eigenvalue weighted by molar-refractivity contribution is 7.53. The van der Waals surface area contributed by atoms with E-state index in [4.69, 9.17) is 9.05 Å². The number of hydrogen-bond acceptors (Lipinski definition) is 4. The van der Waals surface area contributed by atoms with Gasteiger partial charge in [0.25, 0.3) is 0 Å². The molecule has 1 rings (SSSR count). The van der Waals surface area contributed by atoms with Crippen LogP contribution in [0.3, 0.4) is 0 Å². The van der Waals surface area contributed by atoms with Gasteiger partial charge in [-0.25, -0.2) is 0 Å². The van der Waals surface area contributed by atoms with E-state index in [0.717, 1.165) is 0 Å². The maximum absolute atomic E-state index is 12.4. The van der Waals surface area contributed by atoms with Crippen molar-refractivity contribution in [2.24, 2.45) is 0 Å². The van der Waals surface area contributed by atoms with Crippen molar-refractivity contribution in [3.05, 3.63) is 35.9 Å². The van der Waals surface area contributed by atoms with Crippen molar-refractivity contribution in [3.8, 4) is 0 Å². The maximum Gasteiger partial charge on any atom is 0.333 e. The first-order chi connectivity index (χ1) is 8.43. The summed E-state index contributed by atoms with van der Waals surface area (Å²) in [6, 6.07) is 9.11. The van der Waals surface area contributed by atoms with E-state index >= 15 is 0 Å². The quantitative estimate of drug-likeness (QED) is 0.775. The summed E-state index contributed by atoms with van der Waals surface area (Å²) < 4.78 is 22.8. The molecule has 1 aromatic carbocycles. The molecule has 0 aliphatic carbocycles. The van der Waals surface area contributed by atoms with Crippen LogP contribution >= 0.6 is 7.60 Å². The zero-order valence-electron chi connectivity index (χ0n) is 11.1. The molecule has 5 heteroatoms. The Morgan fingerprint density at radius 1 is 1.17 bits per heavy atom. The third-order valence-electron chi connectivity index (χ3n) is 2.55. The summed E-state index contributed by atoms with van der Waals surface area (Å²) in [6.07, 6.45) is -0.0499. The fraction of sp³-hybridized carbons (Fsp3) is 0.538. The van der Waals surface area contributed by atoms with Gasteiger partial charge in [-0.3, -0.25) is 4.57 Å². The number of hydrogen-bond donors (Lipinski definition) is 1. The normalized spacial score (nSPS) is 15.3. The predicted octanol–water partition coefficient (Wildman–Crippen LogP) is 3.16. The Bertz CT molecular complexity index is 393. The SMILES string of the molecule is CCOP(=O)(CC(C)(O)c1ccccc1)OCC. The third-order valence-corrected chi connectivity index (χ3v) is 4.86. The first-order valence-electron chi connectivity index (χ1n) is 6.09. The lowest BCUT2D eigenvalue weighted by Gasteiger charge is -2.28. The average molecular weight is 272 g/mol. The molecule has 0 spiro atoms. The van der Waals surface area contributed by atoms with Crippen molar-refractivity contribution >= 4 is 7.60 Å². The van der Waals surface area contributed by atoms with Gasteiger partial charge in [0.2, 0.25) is 0 Å². The van der Waals surface area contributed by atoms with Crippen molar-refractivity contribution in [3.63, 3.8) is 0 Å². The smallest absolute Gasteiger partial charge is 0.333 e. The Hall–Kier alpha value is -0.670. The van der Waals surface area contributed by atoms with Crippen molar-refractivity contribution in [1.29, 1.82) is 0 Å².